The molecule has 3 heterocycles. The molecule has 2 fully saturated rings. The zero-order valence-corrected chi connectivity index (χ0v) is 18.8. The zero-order chi connectivity index (χ0) is 24.6. The quantitative estimate of drug-likeness (QED) is 0.564. The van der Waals surface area contributed by atoms with Crippen molar-refractivity contribution in [1.29, 1.82) is 0 Å². The smallest absolute Gasteiger partial charge is 0.406 e. The Morgan fingerprint density at radius 3 is 2.37 bits per heavy atom. The van der Waals surface area contributed by atoms with Crippen LogP contribution in [0.5, 0.6) is 5.75 Å². The molecule has 0 atom stereocenters. The Hall–Kier alpha value is -3.76. The van der Waals surface area contributed by atoms with Gasteiger partial charge in [0.2, 0.25) is 0 Å². The van der Waals surface area contributed by atoms with Gasteiger partial charge in [-0.3, -0.25) is 4.79 Å². The van der Waals surface area contributed by atoms with Crippen molar-refractivity contribution in [2.24, 2.45) is 5.41 Å². The first-order chi connectivity index (χ1) is 16.7. The van der Waals surface area contributed by atoms with Crippen molar-refractivity contribution in [1.82, 2.24) is 19.8 Å². The van der Waals surface area contributed by atoms with E-state index in [1.165, 1.54) is 12.1 Å². The van der Waals surface area contributed by atoms with E-state index in [2.05, 4.69) is 20.0 Å². The van der Waals surface area contributed by atoms with Gasteiger partial charge in [-0.2, -0.15) is 0 Å². The second kappa shape index (κ2) is 8.79. The molecule has 0 saturated carbocycles. The maximum Gasteiger partial charge on any atom is 0.573 e. The number of aromatic amines is 1. The molecule has 5 rings (SSSR count). The number of ether oxygens (including phenoxy) is 1. The summed E-state index contributed by atoms with van der Waals surface area (Å²) >= 11 is 0. The first-order valence-corrected chi connectivity index (χ1v) is 11.3. The Labute approximate surface area is 199 Å². The van der Waals surface area contributed by atoms with Gasteiger partial charge in [-0.05, 0) is 61.1 Å². The molecule has 184 valence electrons. The van der Waals surface area contributed by atoms with Crippen molar-refractivity contribution in [3.8, 4) is 5.75 Å². The second-order valence-electron chi connectivity index (χ2n) is 9.07. The number of aromatic nitrogens is 2. The number of carbonyl (C=O) groups is 2. The minimum Gasteiger partial charge on any atom is -0.406 e. The highest BCUT2D eigenvalue weighted by atomic mass is 19.4. The van der Waals surface area contributed by atoms with Crippen LogP contribution in [0.25, 0.3) is 11.0 Å². The standard InChI is InChI=1S/C24H24F3N5O3/c25-24(26,27)35-17-6-4-16(5-7-17)30-22(34)32-13-10-23(14-32)8-11-31(12-9-23)21(33)18-2-1-3-19-20(18)29-15-28-19/h1-7,15H,8-14H2,(H,28,29)(H,30,34). The van der Waals surface area contributed by atoms with Gasteiger partial charge in [-0.15, -0.1) is 13.2 Å². The first-order valence-electron chi connectivity index (χ1n) is 11.3. The number of imidazole rings is 1. The van der Waals surface area contributed by atoms with Crippen LogP contribution < -0.4 is 10.1 Å². The van der Waals surface area contributed by atoms with Crippen molar-refractivity contribution in [2.75, 3.05) is 31.5 Å². The van der Waals surface area contributed by atoms with Crippen LogP contribution in [0.4, 0.5) is 23.7 Å². The van der Waals surface area contributed by atoms with Crippen molar-refractivity contribution >= 4 is 28.7 Å². The monoisotopic (exact) mass is 487 g/mol. The summed E-state index contributed by atoms with van der Waals surface area (Å²) in [6, 6.07) is 10.3. The SMILES string of the molecule is O=C(Nc1ccc(OC(F)(F)F)cc1)N1CCC2(CCN(C(=O)c3cccc4[nH]cnc34)CC2)C1. The summed E-state index contributed by atoms with van der Waals surface area (Å²) in [5.41, 5.74) is 2.41. The average Bonchev–Trinajstić information content (AvgIpc) is 3.47. The number of H-pyrrole nitrogens is 1. The second-order valence-corrected chi connectivity index (χ2v) is 9.07. The topological polar surface area (TPSA) is 90.6 Å². The number of nitrogens with zero attached hydrogens (tertiary/aromatic N) is 3. The van der Waals surface area contributed by atoms with Gasteiger partial charge in [0.05, 0.1) is 17.4 Å². The Balaban J connectivity index is 1.16. The predicted octanol–water partition coefficient (Wildman–Crippen LogP) is 4.62. The molecule has 1 spiro atoms. The number of hydrogen-bond donors (Lipinski definition) is 2. The third-order valence-corrected chi connectivity index (χ3v) is 6.86. The number of amides is 3. The number of benzene rings is 2. The number of halogens is 3. The van der Waals surface area contributed by atoms with Crippen LogP contribution in [-0.4, -0.2) is 64.2 Å². The van der Waals surface area contributed by atoms with Crippen LogP contribution in [-0.2, 0) is 0 Å². The van der Waals surface area contributed by atoms with E-state index in [1.807, 2.05) is 17.0 Å². The lowest BCUT2D eigenvalue weighted by atomic mass is 9.77. The summed E-state index contributed by atoms with van der Waals surface area (Å²) in [4.78, 5) is 36.7. The molecule has 2 aliphatic rings. The molecule has 0 radical (unpaired) electrons. The van der Waals surface area contributed by atoms with Crippen LogP contribution in [0.15, 0.2) is 48.8 Å². The van der Waals surface area contributed by atoms with Gasteiger partial charge in [0.25, 0.3) is 5.91 Å². The lowest BCUT2D eigenvalue weighted by Gasteiger charge is -2.39. The number of likely N-dealkylation sites (tertiary alicyclic amines) is 2. The van der Waals surface area contributed by atoms with E-state index >= 15 is 0 Å². The molecule has 8 nitrogen and oxygen atoms in total. The third-order valence-electron chi connectivity index (χ3n) is 6.86. The van der Waals surface area contributed by atoms with Gasteiger partial charge in [-0.25, -0.2) is 9.78 Å². The summed E-state index contributed by atoms with van der Waals surface area (Å²) in [5.74, 6) is -0.386. The Bertz CT molecular complexity index is 1230. The number of piperidine rings is 1. The highest BCUT2D eigenvalue weighted by Gasteiger charge is 2.43. The summed E-state index contributed by atoms with van der Waals surface area (Å²) in [7, 11) is 0. The Morgan fingerprint density at radius 1 is 1.00 bits per heavy atom. The molecule has 2 N–H and O–H groups in total. The van der Waals surface area contributed by atoms with Crippen LogP contribution >= 0.6 is 0 Å². The van der Waals surface area contributed by atoms with Gasteiger partial charge >= 0.3 is 12.4 Å². The van der Waals surface area contributed by atoms with Gasteiger partial charge < -0.3 is 24.8 Å². The van der Waals surface area contributed by atoms with Crippen LogP contribution in [0.3, 0.4) is 0 Å². The highest BCUT2D eigenvalue weighted by molar-refractivity contribution is 6.04. The molecule has 2 aromatic carbocycles. The molecule has 35 heavy (non-hydrogen) atoms. The number of para-hydroxylation sites is 1. The highest BCUT2D eigenvalue weighted by Crippen LogP contribution is 2.41. The normalized spacial score (nSPS) is 17.7. The molecule has 2 aliphatic heterocycles. The van der Waals surface area contributed by atoms with E-state index in [1.54, 1.807) is 17.3 Å². The van der Waals surface area contributed by atoms with Crippen molar-refractivity contribution in [3.63, 3.8) is 0 Å². The van der Waals surface area contributed by atoms with Crippen LogP contribution in [0.2, 0.25) is 0 Å². The molecule has 0 bridgehead atoms. The van der Waals surface area contributed by atoms with E-state index in [4.69, 9.17) is 0 Å². The number of alkyl halides is 3. The molecule has 2 saturated heterocycles. The van der Waals surface area contributed by atoms with E-state index in [9.17, 15) is 22.8 Å². The Kier molecular flexibility index (Phi) is 5.78. The minimum absolute atomic E-state index is 0.0388. The van der Waals surface area contributed by atoms with Gasteiger partial charge in [0.15, 0.2) is 0 Å². The lowest BCUT2D eigenvalue weighted by molar-refractivity contribution is -0.274. The largest absolute Gasteiger partial charge is 0.573 e. The maximum absolute atomic E-state index is 13.1. The molecular formula is C24H24F3N5O3. The van der Waals surface area contributed by atoms with E-state index in [0.29, 0.717) is 42.9 Å². The van der Waals surface area contributed by atoms with Crippen molar-refractivity contribution in [3.05, 3.63) is 54.4 Å². The fourth-order valence-electron chi connectivity index (χ4n) is 4.95. The molecule has 0 unspecified atom stereocenters. The van der Waals surface area contributed by atoms with E-state index < -0.39 is 6.36 Å². The number of fused-ring (bicyclic) bond motifs is 1. The predicted molar refractivity (Wildman–Crippen MR) is 122 cm³/mol. The molecule has 3 aromatic rings. The average molecular weight is 487 g/mol. The first kappa shape index (κ1) is 23.0. The van der Waals surface area contributed by atoms with Gasteiger partial charge in [-0.1, -0.05) is 6.07 Å². The summed E-state index contributed by atoms with van der Waals surface area (Å²) in [5, 5.41) is 2.73. The summed E-state index contributed by atoms with van der Waals surface area (Å²) < 4.78 is 40.8. The lowest BCUT2D eigenvalue weighted by Crippen LogP contribution is -2.45. The molecule has 11 heteroatoms. The van der Waals surface area contributed by atoms with E-state index in [-0.39, 0.29) is 23.1 Å². The fraction of sp³-hybridized carbons (Fsp3) is 0.375. The van der Waals surface area contributed by atoms with Crippen LogP contribution in [0.1, 0.15) is 29.6 Å². The number of nitrogens with one attached hydrogen (secondary N) is 2. The fourth-order valence-corrected chi connectivity index (χ4v) is 4.95. The minimum atomic E-state index is -4.76. The third kappa shape index (κ3) is 4.89. The summed E-state index contributed by atoms with van der Waals surface area (Å²) in [6.45, 7) is 2.37. The number of urea groups is 1. The number of anilines is 1. The molecule has 0 aliphatic carbocycles. The van der Waals surface area contributed by atoms with Crippen molar-refractivity contribution < 1.29 is 27.5 Å². The number of hydrogen-bond acceptors (Lipinski definition) is 4. The molecule has 3 amide bonds. The van der Waals surface area contributed by atoms with Gasteiger partial charge in [0, 0.05) is 31.9 Å². The molecule has 1 aromatic heterocycles. The Morgan fingerprint density at radius 2 is 1.69 bits per heavy atom. The summed E-state index contributed by atoms with van der Waals surface area (Å²) in [6.07, 6.45) is -0.753. The van der Waals surface area contributed by atoms with Gasteiger partial charge in [0.1, 0.15) is 11.3 Å². The number of rotatable bonds is 3. The maximum atomic E-state index is 13.1. The van der Waals surface area contributed by atoms with E-state index in [0.717, 1.165) is 36.9 Å². The van der Waals surface area contributed by atoms with Crippen LogP contribution in [0, 0.1) is 5.41 Å². The van der Waals surface area contributed by atoms with Crippen molar-refractivity contribution in [2.45, 2.75) is 25.6 Å². The number of carbonyl (C=O) groups excluding carboxylic acids is 2. The zero-order valence-electron chi connectivity index (χ0n) is 18.8. The molecular weight excluding hydrogens is 463 g/mol.